The van der Waals surface area contributed by atoms with Crippen molar-refractivity contribution >= 4 is 34.7 Å². The molecule has 0 aliphatic carbocycles. The highest BCUT2D eigenvalue weighted by atomic mass is 19.4. The lowest BCUT2D eigenvalue weighted by Crippen LogP contribution is -2.18. The molecule has 13 heteroatoms. The van der Waals surface area contributed by atoms with Gasteiger partial charge in [-0.25, -0.2) is 15.0 Å². The lowest BCUT2D eigenvalue weighted by molar-refractivity contribution is -0.274. The molecule has 0 aliphatic rings. The van der Waals surface area contributed by atoms with Crippen molar-refractivity contribution in [3.63, 3.8) is 0 Å². The fourth-order valence-corrected chi connectivity index (χ4v) is 3.56. The average Bonchev–Trinajstić information content (AvgIpc) is 3.52. The summed E-state index contributed by atoms with van der Waals surface area (Å²) >= 11 is 0. The number of benzene rings is 2. The van der Waals surface area contributed by atoms with Crippen molar-refractivity contribution in [1.82, 2.24) is 24.9 Å². The third-order valence-electron chi connectivity index (χ3n) is 5.09. The van der Waals surface area contributed by atoms with Crippen LogP contribution in [0.2, 0.25) is 0 Å². The molecule has 0 fully saturated rings. The van der Waals surface area contributed by atoms with E-state index in [1.54, 1.807) is 24.4 Å². The van der Waals surface area contributed by atoms with E-state index in [0.717, 1.165) is 6.07 Å². The van der Waals surface area contributed by atoms with E-state index < -0.39 is 23.9 Å². The fourth-order valence-electron chi connectivity index (χ4n) is 3.56. The summed E-state index contributed by atoms with van der Waals surface area (Å²) < 4.78 is 42.5. The van der Waals surface area contributed by atoms with Gasteiger partial charge in [0.2, 0.25) is 11.9 Å². The largest absolute Gasteiger partial charge is 0.573 e. The van der Waals surface area contributed by atoms with Gasteiger partial charge in [-0.15, -0.1) is 13.2 Å². The molecule has 0 bridgehead atoms. The van der Waals surface area contributed by atoms with Crippen molar-refractivity contribution in [2.75, 3.05) is 10.6 Å². The Morgan fingerprint density at radius 2 is 1.65 bits per heavy atom. The van der Waals surface area contributed by atoms with Gasteiger partial charge in [-0.2, -0.15) is 0 Å². The van der Waals surface area contributed by atoms with E-state index in [2.05, 4.69) is 40.3 Å². The van der Waals surface area contributed by atoms with Gasteiger partial charge < -0.3 is 14.7 Å². The number of fused-ring (bicyclic) bond motifs is 1. The molecule has 10 nitrogen and oxygen atoms in total. The topological polar surface area (TPSA) is 138 Å². The number of carbonyl (C=O) groups is 2. The van der Waals surface area contributed by atoms with Crippen LogP contribution < -0.4 is 15.4 Å². The SMILES string of the molecule is O=C(Nc1nc2c(C(=O)Nc3ncc[nH]3)cccc2[nH]1)c1cccc(-c2ccccc2OC(F)(F)F)n1. The summed E-state index contributed by atoms with van der Waals surface area (Å²) in [6.45, 7) is 0. The monoisotopic (exact) mass is 507 g/mol. The summed E-state index contributed by atoms with van der Waals surface area (Å²) in [5.74, 6) is -1.26. The van der Waals surface area contributed by atoms with Crippen LogP contribution in [0.1, 0.15) is 20.8 Å². The third-order valence-corrected chi connectivity index (χ3v) is 5.09. The van der Waals surface area contributed by atoms with E-state index in [4.69, 9.17) is 0 Å². The molecule has 37 heavy (non-hydrogen) atoms. The quantitative estimate of drug-likeness (QED) is 0.262. The van der Waals surface area contributed by atoms with Crippen LogP contribution in [0, 0.1) is 0 Å². The molecule has 186 valence electrons. The highest BCUT2D eigenvalue weighted by Gasteiger charge is 2.32. The minimum atomic E-state index is -4.89. The van der Waals surface area contributed by atoms with Gasteiger partial charge in [-0.1, -0.05) is 24.3 Å². The average molecular weight is 507 g/mol. The Balaban J connectivity index is 1.39. The maximum Gasteiger partial charge on any atom is 0.573 e. The minimum absolute atomic E-state index is 0.0475. The van der Waals surface area contributed by atoms with Crippen LogP contribution in [0.5, 0.6) is 5.75 Å². The summed E-state index contributed by atoms with van der Waals surface area (Å²) in [6, 6.07) is 14.7. The van der Waals surface area contributed by atoms with Gasteiger partial charge >= 0.3 is 6.36 Å². The number of anilines is 2. The van der Waals surface area contributed by atoms with Crippen molar-refractivity contribution in [2.24, 2.45) is 0 Å². The Labute approximate surface area is 205 Å². The number of halogens is 3. The number of pyridine rings is 1. The Kier molecular flexibility index (Phi) is 6.01. The van der Waals surface area contributed by atoms with Gasteiger partial charge in [0.15, 0.2) is 0 Å². The number of amides is 2. The Morgan fingerprint density at radius 3 is 2.43 bits per heavy atom. The maximum absolute atomic E-state index is 12.9. The molecule has 0 unspecified atom stereocenters. The number of aromatic amines is 2. The Hall–Kier alpha value is -5.20. The van der Waals surface area contributed by atoms with Gasteiger partial charge in [0.1, 0.15) is 17.0 Å². The molecule has 3 heterocycles. The van der Waals surface area contributed by atoms with E-state index in [1.807, 2.05) is 0 Å². The second kappa shape index (κ2) is 9.45. The summed E-state index contributed by atoms with van der Waals surface area (Å²) in [6.07, 6.45) is -1.84. The highest BCUT2D eigenvalue weighted by Crippen LogP contribution is 2.32. The van der Waals surface area contributed by atoms with Crippen LogP contribution >= 0.6 is 0 Å². The molecule has 0 spiro atoms. The summed E-state index contributed by atoms with van der Waals surface area (Å²) in [5, 5.41) is 5.17. The number of imidazole rings is 2. The van der Waals surface area contributed by atoms with Crippen molar-refractivity contribution in [3.05, 3.63) is 84.3 Å². The summed E-state index contributed by atoms with van der Waals surface area (Å²) in [4.78, 5) is 43.7. The van der Waals surface area contributed by atoms with E-state index in [0.29, 0.717) is 11.0 Å². The number of rotatable bonds is 6. The van der Waals surface area contributed by atoms with Gasteiger partial charge in [0, 0.05) is 18.0 Å². The molecule has 0 saturated carbocycles. The van der Waals surface area contributed by atoms with Crippen LogP contribution in [0.25, 0.3) is 22.3 Å². The first-order valence-corrected chi connectivity index (χ1v) is 10.7. The van der Waals surface area contributed by atoms with E-state index in [-0.39, 0.29) is 34.4 Å². The lowest BCUT2D eigenvalue weighted by Gasteiger charge is -2.13. The van der Waals surface area contributed by atoms with Crippen molar-refractivity contribution in [2.45, 2.75) is 6.36 Å². The second-order valence-corrected chi connectivity index (χ2v) is 7.59. The lowest BCUT2D eigenvalue weighted by atomic mass is 10.1. The van der Waals surface area contributed by atoms with Gasteiger partial charge in [0.25, 0.3) is 11.8 Å². The fraction of sp³-hybridized carbons (Fsp3) is 0.0417. The molecular weight excluding hydrogens is 491 g/mol. The number of para-hydroxylation sites is 2. The third kappa shape index (κ3) is 5.24. The number of nitrogens with one attached hydrogen (secondary N) is 4. The zero-order chi connectivity index (χ0) is 26.0. The number of aromatic nitrogens is 5. The van der Waals surface area contributed by atoms with E-state index in [9.17, 15) is 22.8 Å². The van der Waals surface area contributed by atoms with Crippen LogP contribution in [-0.4, -0.2) is 43.1 Å². The molecule has 2 amide bonds. The number of carbonyl (C=O) groups excluding carboxylic acids is 2. The molecule has 0 saturated heterocycles. The van der Waals surface area contributed by atoms with Crippen molar-refractivity contribution < 1.29 is 27.5 Å². The second-order valence-electron chi connectivity index (χ2n) is 7.59. The molecule has 3 aromatic heterocycles. The van der Waals surface area contributed by atoms with E-state index >= 15 is 0 Å². The van der Waals surface area contributed by atoms with Gasteiger partial charge in [0.05, 0.1) is 16.8 Å². The number of ether oxygens (including phenoxy) is 1. The van der Waals surface area contributed by atoms with Crippen LogP contribution in [-0.2, 0) is 0 Å². The normalized spacial score (nSPS) is 11.3. The molecule has 0 aliphatic heterocycles. The summed E-state index contributed by atoms with van der Waals surface area (Å²) in [5.41, 5.74) is 1.13. The van der Waals surface area contributed by atoms with Crippen LogP contribution in [0.3, 0.4) is 0 Å². The summed E-state index contributed by atoms with van der Waals surface area (Å²) in [7, 11) is 0. The molecule has 4 N–H and O–H groups in total. The number of hydrogen-bond donors (Lipinski definition) is 4. The predicted octanol–water partition coefficient (Wildman–Crippen LogP) is 4.75. The molecular formula is C24H16F3N7O3. The smallest absolute Gasteiger partial charge is 0.405 e. The zero-order valence-electron chi connectivity index (χ0n) is 18.6. The first kappa shape index (κ1) is 23.5. The molecule has 2 aromatic carbocycles. The highest BCUT2D eigenvalue weighted by molar-refractivity contribution is 6.11. The number of H-pyrrole nitrogens is 2. The molecule has 5 rings (SSSR count). The maximum atomic E-state index is 12.9. The van der Waals surface area contributed by atoms with Gasteiger partial charge in [-0.05, 0) is 36.4 Å². The predicted molar refractivity (Wildman–Crippen MR) is 127 cm³/mol. The molecule has 0 atom stereocenters. The van der Waals surface area contributed by atoms with E-state index in [1.165, 1.54) is 42.6 Å². The molecule has 5 aromatic rings. The Bertz CT molecular complexity index is 1600. The zero-order valence-corrected chi connectivity index (χ0v) is 18.6. The first-order valence-electron chi connectivity index (χ1n) is 10.7. The first-order chi connectivity index (χ1) is 17.8. The number of nitrogens with zero attached hydrogens (tertiary/aromatic N) is 3. The van der Waals surface area contributed by atoms with Crippen molar-refractivity contribution in [1.29, 1.82) is 0 Å². The van der Waals surface area contributed by atoms with Crippen LogP contribution in [0.15, 0.2) is 73.1 Å². The Morgan fingerprint density at radius 1 is 0.865 bits per heavy atom. The minimum Gasteiger partial charge on any atom is -0.405 e. The number of hydrogen-bond acceptors (Lipinski definition) is 6. The molecule has 0 radical (unpaired) electrons. The van der Waals surface area contributed by atoms with Gasteiger partial charge in [-0.3, -0.25) is 20.2 Å². The standard InChI is InChI=1S/C24H16F3N7O3/c25-24(26,27)37-18-10-2-1-5-13(18)15-7-4-9-17(30-15)21(36)34-23-31-16-8-3-6-14(19(16)32-23)20(35)33-22-28-11-12-29-22/h1-12H,(H2,28,29,33,35)(H2,31,32,34,36). The van der Waals surface area contributed by atoms with Crippen LogP contribution in [0.4, 0.5) is 25.1 Å². The number of alkyl halides is 3. The van der Waals surface area contributed by atoms with Crippen molar-refractivity contribution in [3.8, 4) is 17.0 Å².